The van der Waals surface area contributed by atoms with Crippen molar-refractivity contribution in [3.63, 3.8) is 0 Å². The number of aliphatic hydroxyl groups excluding tert-OH is 1. The zero-order valence-electron chi connectivity index (χ0n) is 10.5. The molecule has 0 saturated carbocycles. The van der Waals surface area contributed by atoms with Gasteiger partial charge in [0.1, 0.15) is 0 Å². The van der Waals surface area contributed by atoms with Crippen LogP contribution in [0.5, 0.6) is 0 Å². The largest absolute Gasteiger partial charge is 0.429 e. The molecule has 1 aliphatic heterocycles. The summed E-state index contributed by atoms with van der Waals surface area (Å²) >= 11 is 0. The normalized spacial score (nSPS) is 17.6. The number of nitrogens with two attached hydrogens (primary N) is 1. The number of hydrogen-bond acceptors (Lipinski definition) is 4. The highest BCUT2D eigenvalue weighted by Crippen LogP contribution is 2.15. The Morgan fingerprint density at radius 1 is 1.33 bits per heavy atom. The van der Waals surface area contributed by atoms with Gasteiger partial charge in [-0.15, -0.1) is 0 Å². The Bertz CT molecular complexity index is 401. The molecular formula is C14H19NO3. The van der Waals surface area contributed by atoms with Gasteiger partial charge in [0, 0.05) is 11.6 Å². The molecular weight excluding hydrogens is 230 g/mol. The monoisotopic (exact) mass is 249 g/mol. The molecule has 1 aliphatic rings. The van der Waals surface area contributed by atoms with Crippen molar-refractivity contribution in [2.75, 3.05) is 6.54 Å². The van der Waals surface area contributed by atoms with Crippen molar-refractivity contribution in [3.8, 4) is 0 Å². The van der Waals surface area contributed by atoms with Crippen molar-refractivity contribution in [1.29, 1.82) is 0 Å². The van der Waals surface area contributed by atoms with Gasteiger partial charge < -0.3 is 15.6 Å². The second-order valence-corrected chi connectivity index (χ2v) is 3.89. The second kappa shape index (κ2) is 7.63. The van der Waals surface area contributed by atoms with Crippen LogP contribution in [0.25, 0.3) is 0 Å². The molecule has 1 aromatic carbocycles. The number of rotatable bonds is 3. The summed E-state index contributed by atoms with van der Waals surface area (Å²) in [6, 6.07) is 10.3. The molecule has 18 heavy (non-hydrogen) atoms. The van der Waals surface area contributed by atoms with Gasteiger partial charge in [-0.25, -0.2) is 4.79 Å². The van der Waals surface area contributed by atoms with Crippen LogP contribution in [-0.4, -0.2) is 23.9 Å². The molecule has 4 heteroatoms. The summed E-state index contributed by atoms with van der Waals surface area (Å²) in [5.74, 6) is -0.445. The molecule has 4 nitrogen and oxygen atoms in total. The van der Waals surface area contributed by atoms with Crippen LogP contribution in [0.15, 0.2) is 42.0 Å². The van der Waals surface area contributed by atoms with Crippen LogP contribution in [0.1, 0.15) is 18.9 Å². The number of carbonyl (C=O) groups excluding carboxylic acids is 1. The fourth-order valence-electron chi connectivity index (χ4n) is 1.53. The summed E-state index contributed by atoms with van der Waals surface area (Å²) in [5.41, 5.74) is 7.33. The highest BCUT2D eigenvalue weighted by molar-refractivity contribution is 5.85. The average molecular weight is 249 g/mol. The van der Waals surface area contributed by atoms with Crippen LogP contribution in [0.2, 0.25) is 0 Å². The van der Waals surface area contributed by atoms with Crippen molar-refractivity contribution >= 4 is 5.97 Å². The van der Waals surface area contributed by atoms with E-state index in [9.17, 15) is 4.79 Å². The van der Waals surface area contributed by atoms with Gasteiger partial charge in [-0.05, 0) is 24.9 Å². The average Bonchev–Trinajstić information content (AvgIpc) is 2.70. The third kappa shape index (κ3) is 4.69. The first-order valence-corrected chi connectivity index (χ1v) is 6.00. The van der Waals surface area contributed by atoms with Crippen molar-refractivity contribution in [2.24, 2.45) is 5.73 Å². The molecule has 0 spiro atoms. The van der Waals surface area contributed by atoms with Crippen LogP contribution in [0, 0.1) is 0 Å². The number of cyclic esters (lactones) is 1. The Kier molecular flexibility index (Phi) is 6.11. The molecule has 0 aromatic heterocycles. The van der Waals surface area contributed by atoms with E-state index in [-0.39, 0.29) is 0 Å². The Labute approximate surface area is 107 Å². The van der Waals surface area contributed by atoms with Gasteiger partial charge in [0.15, 0.2) is 0 Å². The molecule has 1 atom stereocenters. The van der Waals surface area contributed by atoms with Crippen molar-refractivity contribution in [3.05, 3.63) is 47.5 Å². The van der Waals surface area contributed by atoms with Crippen LogP contribution in [-0.2, 0) is 16.0 Å². The minimum absolute atomic E-state index is 0.445. The molecule has 1 heterocycles. The van der Waals surface area contributed by atoms with Crippen LogP contribution in [0.4, 0.5) is 0 Å². The number of aliphatic hydroxyl groups is 1. The summed E-state index contributed by atoms with van der Waals surface area (Å²) in [5, 5.41) is 8.85. The zero-order chi connectivity index (χ0) is 13.4. The lowest BCUT2D eigenvalue weighted by Crippen LogP contribution is -2.09. The van der Waals surface area contributed by atoms with Gasteiger partial charge in [-0.3, -0.25) is 0 Å². The first kappa shape index (κ1) is 14.4. The van der Waals surface area contributed by atoms with Crippen molar-refractivity contribution in [2.45, 2.75) is 26.1 Å². The molecule has 98 valence electrons. The van der Waals surface area contributed by atoms with E-state index >= 15 is 0 Å². The van der Waals surface area contributed by atoms with Gasteiger partial charge in [0.2, 0.25) is 6.29 Å². The minimum atomic E-state index is -0.984. The fourth-order valence-corrected chi connectivity index (χ4v) is 1.53. The number of carbonyl (C=O) groups is 1. The second-order valence-electron chi connectivity index (χ2n) is 3.89. The lowest BCUT2D eigenvalue weighted by Gasteiger charge is -2.02. The minimum Gasteiger partial charge on any atom is -0.429 e. The van der Waals surface area contributed by atoms with Gasteiger partial charge in [0.25, 0.3) is 0 Å². The van der Waals surface area contributed by atoms with Crippen LogP contribution in [0.3, 0.4) is 0 Å². The molecule has 0 aliphatic carbocycles. The Morgan fingerprint density at radius 2 is 2.00 bits per heavy atom. The number of esters is 1. The summed E-state index contributed by atoms with van der Waals surface area (Å²) in [4.78, 5) is 10.4. The predicted molar refractivity (Wildman–Crippen MR) is 69.7 cm³/mol. The van der Waals surface area contributed by atoms with Crippen LogP contribution < -0.4 is 5.73 Å². The summed E-state index contributed by atoms with van der Waals surface area (Å²) < 4.78 is 4.39. The van der Waals surface area contributed by atoms with Gasteiger partial charge in [0.05, 0.1) is 0 Å². The third-order valence-electron chi connectivity index (χ3n) is 2.53. The van der Waals surface area contributed by atoms with Gasteiger partial charge >= 0.3 is 5.97 Å². The summed E-state index contributed by atoms with van der Waals surface area (Å²) in [6.07, 6.45) is 1.99. The molecule has 0 amide bonds. The van der Waals surface area contributed by atoms with E-state index in [1.54, 1.807) is 0 Å². The predicted octanol–water partition coefficient (Wildman–Crippen LogP) is 1.39. The SMILES string of the molecule is CCC1=CC(=O)OC1O.NCCc1ccccc1. The Balaban J connectivity index is 0.000000180. The molecule has 1 unspecified atom stereocenters. The van der Waals surface area contributed by atoms with E-state index in [0.29, 0.717) is 12.0 Å². The maximum Gasteiger partial charge on any atom is 0.333 e. The van der Waals surface area contributed by atoms with Crippen LogP contribution >= 0.6 is 0 Å². The smallest absolute Gasteiger partial charge is 0.333 e. The fraction of sp³-hybridized carbons (Fsp3) is 0.357. The van der Waals surface area contributed by atoms with E-state index < -0.39 is 12.3 Å². The number of ether oxygens (including phenoxy) is 1. The van der Waals surface area contributed by atoms with E-state index in [1.807, 2.05) is 25.1 Å². The Morgan fingerprint density at radius 3 is 2.39 bits per heavy atom. The van der Waals surface area contributed by atoms with E-state index in [1.165, 1.54) is 11.6 Å². The summed E-state index contributed by atoms with van der Waals surface area (Å²) in [6.45, 7) is 2.60. The number of benzene rings is 1. The molecule has 2 rings (SSSR count). The highest BCUT2D eigenvalue weighted by atomic mass is 16.6. The van der Waals surface area contributed by atoms with Crippen molar-refractivity contribution in [1.82, 2.24) is 0 Å². The highest BCUT2D eigenvalue weighted by Gasteiger charge is 2.21. The molecule has 1 aromatic rings. The maximum atomic E-state index is 10.4. The van der Waals surface area contributed by atoms with E-state index in [4.69, 9.17) is 10.8 Å². The number of hydrogen-bond donors (Lipinski definition) is 2. The topological polar surface area (TPSA) is 72.5 Å². The van der Waals surface area contributed by atoms with Crippen molar-refractivity contribution < 1.29 is 14.6 Å². The van der Waals surface area contributed by atoms with Gasteiger partial charge in [-0.2, -0.15) is 0 Å². The zero-order valence-corrected chi connectivity index (χ0v) is 10.5. The summed E-state index contributed by atoms with van der Waals surface area (Å²) in [7, 11) is 0. The molecule has 0 bridgehead atoms. The van der Waals surface area contributed by atoms with E-state index in [2.05, 4.69) is 16.9 Å². The first-order chi connectivity index (χ1) is 8.67. The standard InChI is InChI=1S/C8H11N.C6H8O3/c9-7-6-8-4-2-1-3-5-8;1-2-4-3-5(7)9-6(4)8/h1-5H,6-7,9H2;3,6,8H,2H2,1H3. The lowest BCUT2D eigenvalue weighted by molar-refractivity contribution is -0.151. The molecule has 0 radical (unpaired) electrons. The lowest BCUT2D eigenvalue weighted by atomic mass is 10.2. The Hall–Kier alpha value is -1.65. The molecule has 0 fully saturated rings. The first-order valence-electron chi connectivity index (χ1n) is 6.00. The molecule has 0 saturated heterocycles. The molecule has 3 N–H and O–H groups in total. The quantitative estimate of drug-likeness (QED) is 0.794. The maximum absolute atomic E-state index is 10.4. The third-order valence-corrected chi connectivity index (χ3v) is 2.53. The van der Waals surface area contributed by atoms with Gasteiger partial charge in [-0.1, -0.05) is 37.3 Å². The van der Waals surface area contributed by atoms with E-state index in [0.717, 1.165) is 13.0 Å².